The van der Waals surface area contributed by atoms with E-state index in [1.54, 1.807) is 4.90 Å². The van der Waals surface area contributed by atoms with Gasteiger partial charge in [0, 0.05) is 24.3 Å². The molecule has 0 radical (unpaired) electrons. The highest BCUT2D eigenvalue weighted by atomic mass is 16.6. The molecule has 0 spiro atoms. The van der Waals surface area contributed by atoms with Crippen LogP contribution in [0.5, 0.6) is 0 Å². The van der Waals surface area contributed by atoms with Gasteiger partial charge in [-0.05, 0) is 56.5 Å². The van der Waals surface area contributed by atoms with Gasteiger partial charge in [0.25, 0.3) is 0 Å². The zero-order chi connectivity index (χ0) is 17.3. The minimum atomic E-state index is -0.504. The van der Waals surface area contributed by atoms with Gasteiger partial charge in [-0.1, -0.05) is 18.2 Å². The van der Waals surface area contributed by atoms with Gasteiger partial charge in [-0.3, -0.25) is 9.88 Å². The third kappa shape index (κ3) is 3.51. The van der Waals surface area contributed by atoms with Crippen molar-refractivity contribution in [3.63, 3.8) is 0 Å². The second-order valence-corrected chi connectivity index (χ2v) is 7.41. The molecule has 24 heavy (non-hydrogen) atoms. The van der Waals surface area contributed by atoms with Crippen molar-refractivity contribution in [1.29, 1.82) is 0 Å². The predicted octanol–water partition coefficient (Wildman–Crippen LogP) is 3.63. The molecule has 1 aliphatic heterocycles. The van der Waals surface area contributed by atoms with Gasteiger partial charge in [0.2, 0.25) is 0 Å². The molecule has 2 aromatic rings. The maximum atomic E-state index is 12.3. The van der Waals surface area contributed by atoms with Crippen molar-refractivity contribution in [2.45, 2.75) is 51.3 Å². The van der Waals surface area contributed by atoms with Crippen LogP contribution in [0.1, 0.15) is 45.1 Å². The number of benzene rings is 1. The normalized spacial score (nSPS) is 21.8. The number of carbonyl (C=O) groups excluding carboxylic acids is 1. The van der Waals surface area contributed by atoms with Gasteiger partial charge in [0.05, 0.1) is 6.17 Å². The van der Waals surface area contributed by atoms with E-state index in [9.17, 15) is 4.79 Å². The number of pyridine rings is 1. The van der Waals surface area contributed by atoms with Crippen molar-refractivity contribution in [3.05, 3.63) is 42.2 Å². The maximum absolute atomic E-state index is 12.3. The summed E-state index contributed by atoms with van der Waals surface area (Å²) in [5.41, 5.74) is 7.07. The fraction of sp³-hybridized carbons (Fsp3) is 0.474. The SMILES string of the molecule is CC(C)(C)OC(=O)N1CCC(c2cccc3cnccc23)CC1N. The van der Waals surface area contributed by atoms with Crippen molar-refractivity contribution in [2.75, 3.05) is 6.54 Å². The molecule has 0 aliphatic carbocycles. The molecule has 2 heterocycles. The van der Waals surface area contributed by atoms with Crippen molar-refractivity contribution in [2.24, 2.45) is 5.73 Å². The molecule has 5 heteroatoms. The van der Waals surface area contributed by atoms with Gasteiger partial charge in [0.1, 0.15) is 5.60 Å². The number of piperidine rings is 1. The Morgan fingerprint density at radius 1 is 1.33 bits per heavy atom. The van der Waals surface area contributed by atoms with Gasteiger partial charge in [-0.2, -0.15) is 0 Å². The lowest BCUT2D eigenvalue weighted by molar-refractivity contribution is 0.00893. The average molecular weight is 327 g/mol. The molecule has 0 bridgehead atoms. The van der Waals surface area contributed by atoms with Crippen molar-refractivity contribution >= 4 is 16.9 Å². The molecule has 1 aliphatic rings. The third-order valence-corrected chi connectivity index (χ3v) is 4.43. The van der Waals surface area contributed by atoms with E-state index in [2.05, 4.69) is 29.2 Å². The molecule has 2 N–H and O–H groups in total. The Balaban J connectivity index is 1.77. The topological polar surface area (TPSA) is 68.5 Å². The van der Waals surface area contributed by atoms with Crippen LogP contribution in [0, 0.1) is 0 Å². The van der Waals surface area contributed by atoms with E-state index in [1.165, 1.54) is 10.9 Å². The quantitative estimate of drug-likeness (QED) is 0.868. The molecule has 5 nitrogen and oxygen atoms in total. The molecule has 128 valence electrons. The number of likely N-dealkylation sites (tertiary alicyclic amines) is 1. The summed E-state index contributed by atoms with van der Waals surface area (Å²) >= 11 is 0. The molecule has 1 fully saturated rings. The van der Waals surface area contributed by atoms with Crippen LogP contribution in [0.2, 0.25) is 0 Å². The van der Waals surface area contributed by atoms with Crippen LogP contribution < -0.4 is 5.73 Å². The minimum Gasteiger partial charge on any atom is -0.444 e. The van der Waals surface area contributed by atoms with E-state index in [1.807, 2.05) is 33.2 Å². The number of nitrogens with two attached hydrogens (primary N) is 1. The van der Waals surface area contributed by atoms with Gasteiger partial charge in [-0.25, -0.2) is 4.79 Å². The number of ether oxygens (including phenoxy) is 1. The maximum Gasteiger partial charge on any atom is 0.411 e. The number of rotatable bonds is 1. The first kappa shape index (κ1) is 16.7. The van der Waals surface area contributed by atoms with E-state index >= 15 is 0 Å². The predicted molar refractivity (Wildman–Crippen MR) is 94.6 cm³/mol. The van der Waals surface area contributed by atoms with Crippen molar-refractivity contribution in [3.8, 4) is 0 Å². The van der Waals surface area contributed by atoms with E-state index in [-0.39, 0.29) is 12.3 Å². The van der Waals surface area contributed by atoms with Gasteiger partial charge in [-0.15, -0.1) is 0 Å². The van der Waals surface area contributed by atoms with E-state index in [0.29, 0.717) is 12.5 Å². The number of amides is 1. The molecule has 2 unspecified atom stereocenters. The van der Waals surface area contributed by atoms with Crippen LogP contribution in [-0.4, -0.2) is 34.3 Å². The lowest BCUT2D eigenvalue weighted by atomic mass is 9.85. The van der Waals surface area contributed by atoms with E-state index < -0.39 is 5.60 Å². The highest BCUT2D eigenvalue weighted by Crippen LogP contribution is 2.34. The van der Waals surface area contributed by atoms with Crippen molar-refractivity contribution in [1.82, 2.24) is 9.88 Å². The second kappa shape index (κ2) is 6.40. The Bertz CT molecular complexity index is 733. The molecule has 1 amide bonds. The van der Waals surface area contributed by atoms with Crippen molar-refractivity contribution < 1.29 is 9.53 Å². The Morgan fingerprint density at radius 3 is 2.83 bits per heavy atom. The monoisotopic (exact) mass is 327 g/mol. The number of nitrogens with zero attached hydrogens (tertiary/aromatic N) is 2. The zero-order valence-electron chi connectivity index (χ0n) is 14.5. The Kier molecular flexibility index (Phi) is 4.45. The molecular weight excluding hydrogens is 302 g/mol. The van der Waals surface area contributed by atoms with E-state index in [4.69, 9.17) is 10.5 Å². The Morgan fingerprint density at radius 2 is 2.12 bits per heavy atom. The van der Waals surface area contributed by atoms with Crippen LogP contribution in [0.4, 0.5) is 4.79 Å². The van der Waals surface area contributed by atoms with Gasteiger partial charge >= 0.3 is 6.09 Å². The summed E-state index contributed by atoms with van der Waals surface area (Å²) in [5.74, 6) is 0.338. The molecule has 3 rings (SSSR count). The zero-order valence-corrected chi connectivity index (χ0v) is 14.5. The molecule has 1 aromatic carbocycles. The summed E-state index contributed by atoms with van der Waals surface area (Å²) in [6.07, 6.45) is 4.68. The summed E-state index contributed by atoms with van der Waals surface area (Å²) in [7, 11) is 0. The highest BCUT2D eigenvalue weighted by Gasteiger charge is 2.33. The number of fused-ring (bicyclic) bond motifs is 1. The summed E-state index contributed by atoms with van der Waals surface area (Å²) in [6.45, 7) is 6.22. The number of aromatic nitrogens is 1. The molecule has 2 atom stereocenters. The fourth-order valence-corrected chi connectivity index (χ4v) is 3.33. The smallest absolute Gasteiger partial charge is 0.411 e. The van der Waals surface area contributed by atoms with Gasteiger partial charge in [0.15, 0.2) is 0 Å². The molecule has 1 saturated heterocycles. The first-order valence-electron chi connectivity index (χ1n) is 8.43. The summed E-state index contributed by atoms with van der Waals surface area (Å²) < 4.78 is 5.46. The largest absolute Gasteiger partial charge is 0.444 e. The fourth-order valence-electron chi connectivity index (χ4n) is 3.33. The Labute approximate surface area is 142 Å². The standard InChI is InChI=1S/C19H25N3O2/c1-19(2,3)24-18(23)22-10-8-13(11-17(22)20)15-6-4-5-14-12-21-9-7-16(14)15/h4-7,9,12-13,17H,8,10-11,20H2,1-3H3. The van der Waals surface area contributed by atoms with Crippen LogP contribution in [-0.2, 0) is 4.74 Å². The lowest BCUT2D eigenvalue weighted by Gasteiger charge is -2.38. The van der Waals surface area contributed by atoms with Crippen LogP contribution in [0.3, 0.4) is 0 Å². The summed E-state index contributed by atoms with van der Waals surface area (Å²) in [5, 5.41) is 2.36. The Hall–Kier alpha value is -2.14. The lowest BCUT2D eigenvalue weighted by Crippen LogP contribution is -2.51. The first-order valence-corrected chi connectivity index (χ1v) is 8.43. The van der Waals surface area contributed by atoms with E-state index in [0.717, 1.165) is 18.2 Å². The van der Waals surface area contributed by atoms with Gasteiger partial charge < -0.3 is 10.5 Å². The highest BCUT2D eigenvalue weighted by molar-refractivity contribution is 5.85. The van der Waals surface area contributed by atoms with Crippen LogP contribution in [0.25, 0.3) is 10.8 Å². The van der Waals surface area contributed by atoms with Crippen LogP contribution in [0.15, 0.2) is 36.7 Å². The number of carbonyl (C=O) groups is 1. The first-order chi connectivity index (χ1) is 11.3. The third-order valence-electron chi connectivity index (χ3n) is 4.43. The minimum absolute atomic E-state index is 0.323. The number of hydrogen-bond acceptors (Lipinski definition) is 4. The molecule has 0 saturated carbocycles. The van der Waals surface area contributed by atoms with Crippen LogP contribution >= 0.6 is 0 Å². The second-order valence-electron chi connectivity index (χ2n) is 7.41. The molecule has 1 aromatic heterocycles. The summed E-state index contributed by atoms with van der Waals surface area (Å²) in [6, 6.07) is 8.34. The number of hydrogen-bond donors (Lipinski definition) is 1. The molecular formula is C19H25N3O2. The summed E-state index contributed by atoms with van der Waals surface area (Å²) in [4.78, 5) is 18.1. The average Bonchev–Trinajstić information content (AvgIpc) is 2.52.